The molecule has 1 N–H and O–H groups in total. The predicted molar refractivity (Wildman–Crippen MR) is 71.1 cm³/mol. The molecule has 1 amide bonds. The second kappa shape index (κ2) is 7.59. The van der Waals surface area contributed by atoms with E-state index in [1.165, 1.54) is 25.6 Å². The number of aryl methyl sites for hydroxylation is 1. The summed E-state index contributed by atoms with van der Waals surface area (Å²) in [7, 11) is 2.39. The maximum atomic E-state index is 11.8. The van der Waals surface area contributed by atoms with Crippen LogP contribution in [0, 0.1) is 6.92 Å². The average molecular weight is 300 g/mol. The summed E-state index contributed by atoms with van der Waals surface area (Å²) in [4.78, 5) is 38.7. The molecule has 0 aliphatic carbocycles. The van der Waals surface area contributed by atoms with E-state index in [2.05, 4.69) is 19.8 Å². The highest BCUT2D eigenvalue weighted by Crippen LogP contribution is 2.08. The smallest absolute Gasteiger partial charge is 0.328 e. The average Bonchev–Trinajstić information content (AvgIpc) is 2.81. The van der Waals surface area contributed by atoms with E-state index in [4.69, 9.17) is 0 Å². The molecule has 0 radical (unpaired) electrons. The molecule has 0 saturated heterocycles. The van der Waals surface area contributed by atoms with E-state index in [1.807, 2.05) is 6.92 Å². The van der Waals surface area contributed by atoms with Gasteiger partial charge in [0.05, 0.1) is 37.8 Å². The fourth-order valence-corrected chi connectivity index (χ4v) is 2.10. The number of ether oxygens (including phenoxy) is 2. The molecule has 7 nitrogen and oxygen atoms in total. The second-order valence-corrected chi connectivity index (χ2v) is 5.02. The van der Waals surface area contributed by atoms with E-state index in [0.717, 1.165) is 5.01 Å². The lowest BCUT2D eigenvalue weighted by Crippen LogP contribution is -2.43. The SMILES string of the molecule is COC(=O)CC(NC(=O)Cc1csc(C)n1)C(=O)OC. The highest BCUT2D eigenvalue weighted by atomic mass is 32.1. The largest absolute Gasteiger partial charge is 0.469 e. The van der Waals surface area contributed by atoms with Crippen molar-refractivity contribution >= 4 is 29.2 Å². The molecule has 1 atom stereocenters. The van der Waals surface area contributed by atoms with Gasteiger partial charge in [0, 0.05) is 5.38 Å². The van der Waals surface area contributed by atoms with Crippen molar-refractivity contribution in [1.29, 1.82) is 0 Å². The fourth-order valence-electron chi connectivity index (χ4n) is 1.48. The Balaban J connectivity index is 2.61. The molecule has 1 aromatic rings. The number of hydrogen-bond donors (Lipinski definition) is 1. The second-order valence-electron chi connectivity index (χ2n) is 3.96. The standard InChI is InChI=1S/C12H16N2O5S/c1-7-13-8(6-20-7)4-10(15)14-9(12(17)19-3)5-11(16)18-2/h6,9H,4-5H2,1-3H3,(H,14,15). The number of esters is 2. The number of methoxy groups -OCH3 is 2. The van der Waals surface area contributed by atoms with Crippen LogP contribution < -0.4 is 5.32 Å². The number of nitrogens with zero attached hydrogens (tertiary/aromatic N) is 1. The molecule has 0 aliphatic heterocycles. The van der Waals surface area contributed by atoms with Gasteiger partial charge in [-0.2, -0.15) is 0 Å². The number of aromatic nitrogens is 1. The summed E-state index contributed by atoms with van der Waals surface area (Å²) in [5, 5.41) is 5.06. The Labute approximate surface area is 120 Å². The van der Waals surface area contributed by atoms with Gasteiger partial charge in [0.15, 0.2) is 0 Å². The van der Waals surface area contributed by atoms with E-state index < -0.39 is 23.9 Å². The summed E-state index contributed by atoms with van der Waals surface area (Å²) in [6.07, 6.45) is -0.232. The van der Waals surface area contributed by atoms with Crippen LogP contribution in [0.4, 0.5) is 0 Å². The number of carbonyl (C=O) groups is 3. The first-order valence-corrected chi connectivity index (χ1v) is 6.69. The van der Waals surface area contributed by atoms with Crippen molar-refractivity contribution in [2.45, 2.75) is 25.8 Å². The van der Waals surface area contributed by atoms with Gasteiger partial charge in [0.25, 0.3) is 0 Å². The quantitative estimate of drug-likeness (QED) is 0.755. The van der Waals surface area contributed by atoms with Crippen LogP contribution in [-0.2, 0) is 30.3 Å². The zero-order valence-corrected chi connectivity index (χ0v) is 12.3. The van der Waals surface area contributed by atoms with Gasteiger partial charge in [0.1, 0.15) is 6.04 Å². The first-order chi connectivity index (χ1) is 9.46. The maximum absolute atomic E-state index is 11.8. The molecule has 0 saturated carbocycles. The maximum Gasteiger partial charge on any atom is 0.328 e. The Bertz CT molecular complexity index is 500. The molecule has 0 bridgehead atoms. The van der Waals surface area contributed by atoms with Crippen molar-refractivity contribution in [3.8, 4) is 0 Å². The first-order valence-electron chi connectivity index (χ1n) is 5.81. The summed E-state index contributed by atoms with van der Waals surface area (Å²) in [6, 6.07) is -1.06. The van der Waals surface area contributed by atoms with Gasteiger partial charge in [0.2, 0.25) is 5.91 Å². The van der Waals surface area contributed by atoms with Crippen LogP contribution in [0.15, 0.2) is 5.38 Å². The van der Waals surface area contributed by atoms with Gasteiger partial charge in [-0.25, -0.2) is 9.78 Å². The molecule has 20 heavy (non-hydrogen) atoms. The molecule has 1 heterocycles. The molecule has 8 heteroatoms. The number of hydrogen-bond acceptors (Lipinski definition) is 7. The lowest BCUT2D eigenvalue weighted by Gasteiger charge is -2.14. The Morgan fingerprint density at radius 3 is 2.55 bits per heavy atom. The van der Waals surface area contributed by atoms with Crippen LogP contribution in [0.1, 0.15) is 17.1 Å². The minimum absolute atomic E-state index is 0.0407. The molecule has 110 valence electrons. The molecule has 0 aliphatic rings. The molecule has 1 rings (SSSR count). The van der Waals surface area contributed by atoms with Crippen LogP contribution >= 0.6 is 11.3 Å². The van der Waals surface area contributed by atoms with Crippen LogP contribution in [-0.4, -0.2) is 43.1 Å². The molecule has 0 fully saturated rings. The summed E-state index contributed by atoms with van der Waals surface area (Å²) < 4.78 is 9.01. The zero-order chi connectivity index (χ0) is 15.1. The Morgan fingerprint density at radius 1 is 1.35 bits per heavy atom. The topological polar surface area (TPSA) is 94.6 Å². The zero-order valence-electron chi connectivity index (χ0n) is 11.5. The van der Waals surface area contributed by atoms with Gasteiger partial charge < -0.3 is 14.8 Å². The minimum Gasteiger partial charge on any atom is -0.469 e. The third-order valence-electron chi connectivity index (χ3n) is 2.43. The Hall–Kier alpha value is -1.96. The molecular weight excluding hydrogens is 284 g/mol. The number of nitrogens with one attached hydrogen (secondary N) is 1. The number of carbonyl (C=O) groups excluding carboxylic acids is 3. The number of amides is 1. The van der Waals surface area contributed by atoms with Crippen molar-refractivity contribution in [2.24, 2.45) is 0 Å². The Kier molecular flexibility index (Phi) is 6.10. The molecule has 1 aromatic heterocycles. The van der Waals surface area contributed by atoms with Crippen molar-refractivity contribution < 1.29 is 23.9 Å². The monoisotopic (exact) mass is 300 g/mol. The normalized spacial score (nSPS) is 11.6. The minimum atomic E-state index is -1.06. The van der Waals surface area contributed by atoms with Crippen molar-refractivity contribution in [3.05, 3.63) is 16.1 Å². The lowest BCUT2D eigenvalue weighted by molar-refractivity contribution is -0.150. The van der Waals surface area contributed by atoms with E-state index in [-0.39, 0.29) is 12.8 Å². The lowest BCUT2D eigenvalue weighted by atomic mass is 10.2. The Morgan fingerprint density at radius 2 is 2.05 bits per heavy atom. The van der Waals surface area contributed by atoms with Gasteiger partial charge in [-0.3, -0.25) is 9.59 Å². The van der Waals surface area contributed by atoms with E-state index >= 15 is 0 Å². The van der Waals surface area contributed by atoms with E-state index in [9.17, 15) is 14.4 Å². The molecule has 1 unspecified atom stereocenters. The third-order valence-corrected chi connectivity index (χ3v) is 3.25. The predicted octanol–water partition coefficient (Wildman–Crippen LogP) is 0.215. The van der Waals surface area contributed by atoms with Crippen LogP contribution in [0.25, 0.3) is 0 Å². The molecule has 0 aromatic carbocycles. The van der Waals surface area contributed by atoms with Crippen LogP contribution in [0.3, 0.4) is 0 Å². The summed E-state index contributed by atoms with van der Waals surface area (Å²) in [5.41, 5.74) is 0.617. The van der Waals surface area contributed by atoms with E-state index in [1.54, 1.807) is 5.38 Å². The first kappa shape index (κ1) is 16.1. The summed E-state index contributed by atoms with van der Waals surface area (Å²) in [6.45, 7) is 1.83. The van der Waals surface area contributed by atoms with Gasteiger partial charge in [-0.1, -0.05) is 0 Å². The van der Waals surface area contributed by atoms with Gasteiger partial charge in [-0.05, 0) is 6.92 Å². The molecular formula is C12H16N2O5S. The summed E-state index contributed by atoms with van der Waals surface area (Å²) >= 11 is 1.43. The number of thiazole rings is 1. The van der Waals surface area contributed by atoms with E-state index in [0.29, 0.717) is 5.69 Å². The highest BCUT2D eigenvalue weighted by Gasteiger charge is 2.25. The highest BCUT2D eigenvalue weighted by molar-refractivity contribution is 7.09. The third kappa shape index (κ3) is 4.96. The van der Waals surface area contributed by atoms with Crippen molar-refractivity contribution in [2.75, 3.05) is 14.2 Å². The van der Waals surface area contributed by atoms with Crippen LogP contribution in [0.5, 0.6) is 0 Å². The van der Waals surface area contributed by atoms with Crippen molar-refractivity contribution in [3.63, 3.8) is 0 Å². The van der Waals surface area contributed by atoms with Crippen LogP contribution in [0.2, 0.25) is 0 Å². The van der Waals surface area contributed by atoms with Gasteiger partial charge >= 0.3 is 11.9 Å². The molecule has 0 spiro atoms. The fraction of sp³-hybridized carbons (Fsp3) is 0.500. The van der Waals surface area contributed by atoms with Crippen molar-refractivity contribution in [1.82, 2.24) is 10.3 Å². The van der Waals surface area contributed by atoms with Gasteiger partial charge in [-0.15, -0.1) is 11.3 Å². The summed E-state index contributed by atoms with van der Waals surface area (Å²) in [5.74, 6) is -1.71. The number of rotatable bonds is 6.